The zero-order chi connectivity index (χ0) is 26.7. The van der Waals surface area contributed by atoms with Gasteiger partial charge in [0.15, 0.2) is 0 Å². The van der Waals surface area contributed by atoms with Crippen LogP contribution in [0, 0.1) is 26.7 Å². The lowest BCUT2D eigenvalue weighted by Crippen LogP contribution is -2.09. The van der Waals surface area contributed by atoms with Gasteiger partial charge in [-0.05, 0) is 95.7 Å². The minimum atomic E-state index is 0.272. The van der Waals surface area contributed by atoms with Crippen LogP contribution in [0.15, 0.2) is 97.1 Å². The summed E-state index contributed by atoms with van der Waals surface area (Å²) in [6.07, 6.45) is 2.99. The summed E-state index contributed by atoms with van der Waals surface area (Å²) in [6.45, 7) is 22.5. The second-order valence-electron chi connectivity index (χ2n) is 10.9. The van der Waals surface area contributed by atoms with Gasteiger partial charge in [0.1, 0.15) is 0 Å². The highest BCUT2D eigenvalue weighted by atomic mass is 14.2. The Bertz CT molecular complexity index is 1420. The summed E-state index contributed by atoms with van der Waals surface area (Å²) in [5.74, 6) is 0.586. The van der Waals surface area contributed by atoms with Gasteiger partial charge >= 0.3 is 0 Å². The van der Waals surface area contributed by atoms with E-state index in [9.17, 15) is 0 Å². The van der Waals surface area contributed by atoms with Crippen LogP contribution in [-0.4, -0.2) is 0 Å². The van der Waals surface area contributed by atoms with Gasteiger partial charge in [-0.2, -0.15) is 0 Å². The summed E-state index contributed by atoms with van der Waals surface area (Å²) >= 11 is 0. The average molecular weight is 487 g/mol. The molecule has 0 N–H and O–H groups in total. The largest absolute Gasteiger partial charge is 0.0993 e. The molecule has 0 bridgehead atoms. The Hall–Kier alpha value is -3.38. The molecule has 190 valence electrons. The highest BCUT2D eigenvalue weighted by Crippen LogP contribution is 2.38. The number of allylic oxidation sites excluding steroid dienone is 2. The zero-order valence-electron chi connectivity index (χ0n) is 23.6. The number of hydrogen-bond acceptors (Lipinski definition) is 0. The maximum atomic E-state index is 4.54. The third-order valence-corrected chi connectivity index (χ3v) is 8.34. The summed E-state index contributed by atoms with van der Waals surface area (Å²) < 4.78 is 0. The molecule has 0 aromatic heterocycles. The second kappa shape index (κ2) is 11.3. The molecule has 0 aliphatic carbocycles. The lowest BCUT2D eigenvalue weighted by molar-refractivity contribution is 0.678. The Balaban J connectivity index is 1.66. The monoisotopic (exact) mass is 486 g/mol. The predicted molar refractivity (Wildman–Crippen MR) is 164 cm³/mol. The molecule has 0 aliphatic rings. The summed E-state index contributed by atoms with van der Waals surface area (Å²) in [6, 6.07) is 27.0. The second-order valence-corrected chi connectivity index (χ2v) is 10.9. The maximum Gasteiger partial charge on any atom is 0.00230 e. The van der Waals surface area contributed by atoms with E-state index in [1.54, 1.807) is 0 Å². The third-order valence-electron chi connectivity index (χ3n) is 8.34. The minimum absolute atomic E-state index is 0.272. The Morgan fingerprint density at radius 2 is 1.49 bits per heavy atom. The summed E-state index contributed by atoms with van der Waals surface area (Å²) in [4.78, 5) is 0. The molecule has 0 saturated carbocycles. The van der Waals surface area contributed by atoms with Gasteiger partial charge in [0, 0.05) is 5.92 Å². The van der Waals surface area contributed by atoms with Crippen LogP contribution >= 0.6 is 0 Å². The normalized spacial score (nSPS) is 12.9. The Kier molecular flexibility index (Phi) is 8.18. The first kappa shape index (κ1) is 26.7. The predicted octanol–water partition coefficient (Wildman–Crippen LogP) is 10.5. The van der Waals surface area contributed by atoms with E-state index in [1.165, 1.54) is 66.4 Å². The van der Waals surface area contributed by atoms with Crippen molar-refractivity contribution >= 4 is 10.8 Å². The van der Waals surface area contributed by atoms with E-state index in [4.69, 9.17) is 0 Å². The van der Waals surface area contributed by atoms with Crippen LogP contribution in [0.3, 0.4) is 0 Å². The number of fused-ring (bicyclic) bond motifs is 1. The highest BCUT2D eigenvalue weighted by Gasteiger charge is 2.19. The van der Waals surface area contributed by atoms with Crippen LogP contribution < -0.4 is 0 Å². The van der Waals surface area contributed by atoms with Crippen molar-refractivity contribution in [2.45, 2.75) is 66.7 Å². The van der Waals surface area contributed by atoms with Gasteiger partial charge in [-0.1, -0.05) is 123 Å². The molecule has 4 rings (SSSR count). The Morgan fingerprint density at radius 3 is 2.14 bits per heavy atom. The van der Waals surface area contributed by atoms with Gasteiger partial charge in [0.2, 0.25) is 0 Å². The minimum Gasteiger partial charge on any atom is -0.0993 e. The van der Waals surface area contributed by atoms with Crippen LogP contribution in [0.1, 0.15) is 66.5 Å². The van der Waals surface area contributed by atoms with Crippen LogP contribution in [0.2, 0.25) is 0 Å². The topological polar surface area (TPSA) is 0 Å². The molecule has 2 unspecified atom stereocenters. The van der Waals surface area contributed by atoms with E-state index in [0.29, 0.717) is 5.92 Å². The molecule has 37 heavy (non-hydrogen) atoms. The van der Waals surface area contributed by atoms with Crippen molar-refractivity contribution < 1.29 is 0 Å². The maximum absolute atomic E-state index is 4.54. The lowest BCUT2D eigenvalue weighted by Gasteiger charge is -2.24. The number of benzene rings is 4. The van der Waals surface area contributed by atoms with Crippen molar-refractivity contribution in [2.75, 3.05) is 0 Å². The van der Waals surface area contributed by atoms with Crippen LogP contribution in [-0.2, 0) is 12.8 Å². The summed E-state index contributed by atoms with van der Waals surface area (Å²) in [7, 11) is 0. The van der Waals surface area contributed by atoms with Crippen molar-refractivity contribution in [1.29, 1.82) is 0 Å². The fourth-order valence-corrected chi connectivity index (χ4v) is 5.71. The average Bonchev–Trinajstić information content (AvgIpc) is 2.91. The number of hydrogen-bond donors (Lipinski definition) is 0. The van der Waals surface area contributed by atoms with E-state index in [1.807, 2.05) is 0 Å². The van der Waals surface area contributed by atoms with Crippen molar-refractivity contribution in [1.82, 2.24) is 0 Å². The molecule has 0 nitrogen and oxygen atoms in total. The van der Waals surface area contributed by atoms with Gasteiger partial charge in [-0.15, -0.1) is 0 Å². The fraction of sp³-hybridized carbons (Fsp3) is 0.297. The molecule has 0 aliphatic heterocycles. The zero-order valence-corrected chi connectivity index (χ0v) is 23.6. The van der Waals surface area contributed by atoms with Crippen LogP contribution in [0.25, 0.3) is 21.9 Å². The Labute approximate surface area is 224 Å². The van der Waals surface area contributed by atoms with E-state index in [0.717, 1.165) is 19.3 Å². The summed E-state index contributed by atoms with van der Waals surface area (Å²) in [5, 5.41) is 2.74. The van der Waals surface area contributed by atoms with Crippen molar-refractivity contribution in [2.24, 2.45) is 5.92 Å². The van der Waals surface area contributed by atoms with Gasteiger partial charge in [-0.3, -0.25) is 0 Å². The molecule has 2 atom stereocenters. The first-order chi connectivity index (χ1) is 17.7. The van der Waals surface area contributed by atoms with Crippen molar-refractivity contribution in [3.05, 3.63) is 130 Å². The molecular weight excluding hydrogens is 444 g/mol. The van der Waals surface area contributed by atoms with Gasteiger partial charge in [0.25, 0.3) is 0 Å². The fourth-order valence-electron chi connectivity index (χ4n) is 5.71. The van der Waals surface area contributed by atoms with Crippen molar-refractivity contribution in [3.8, 4) is 11.1 Å². The van der Waals surface area contributed by atoms with Gasteiger partial charge < -0.3 is 0 Å². The number of aryl methyl sites for hydroxylation is 5. The highest BCUT2D eigenvalue weighted by molar-refractivity contribution is 5.95. The standard InChI is InChI=1S/C37H42/c1-9-31-16-19-33(20-17-31)37-30(8)36-22-24(2)21-26(4)35(36)23-34(37)18-15-25(3)27(5)28(6)29(7)32-13-11-10-12-14-32/h10-14,16-17,19-23,27,29H,3,6,9,15,18H2,1-2,4-5,7-8H3. The SMILES string of the molecule is C=C(CCc1cc2c(C)cc(C)cc2c(C)c1-c1ccc(CC)cc1)C(C)C(=C)C(C)c1ccccc1. The molecule has 4 aromatic carbocycles. The molecule has 0 spiro atoms. The molecule has 4 aromatic rings. The molecule has 0 amide bonds. The lowest BCUT2D eigenvalue weighted by atomic mass is 9.80. The molecule has 0 heterocycles. The quantitative estimate of drug-likeness (QED) is 0.206. The summed E-state index contributed by atoms with van der Waals surface area (Å²) in [5.41, 5.74) is 13.4. The third kappa shape index (κ3) is 5.64. The first-order valence-corrected chi connectivity index (χ1v) is 13.7. The van der Waals surface area contributed by atoms with Crippen molar-refractivity contribution in [3.63, 3.8) is 0 Å². The molecular formula is C37H42. The number of rotatable bonds is 9. The van der Waals surface area contributed by atoms with Crippen LogP contribution in [0.5, 0.6) is 0 Å². The van der Waals surface area contributed by atoms with Gasteiger partial charge in [-0.25, -0.2) is 0 Å². The smallest absolute Gasteiger partial charge is 0.00230 e. The van der Waals surface area contributed by atoms with Gasteiger partial charge in [0.05, 0.1) is 0 Å². The molecule has 0 heteroatoms. The molecule has 0 radical (unpaired) electrons. The van der Waals surface area contributed by atoms with Crippen LogP contribution in [0.4, 0.5) is 0 Å². The van der Waals surface area contributed by atoms with E-state index in [2.05, 4.69) is 127 Å². The Morgan fingerprint density at radius 1 is 0.811 bits per heavy atom. The first-order valence-electron chi connectivity index (χ1n) is 13.7. The van der Waals surface area contributed by atoms with E-state index < -0.39 is 0 Å². The van der Waals surface area contributed by atoms with E-state index in [-0.39, 0.29) is 5.92 Å². The van der Waals surface area contributed by atoms with E-state index >= 15 is 0 Å². The molecule has 0 saturated heterocycles. The molecule has 0 fully saturated rings.